The third-order valence-corrected chi connectivity index (χ3v) is 2.32. The van der Waals surface area contributed by atoms with Crippen LogP contribution in [0, 0.1) is 17.2 Å². The highest BCUT2D eigenvalue weighted by atomic mass is 16.2. The Balaban J connectivity index is 2.33. The zero-order chi connectivity index (χ0) is 9.68. The molecule has 0 aromatic heterocycles. The molecule has 0 aromatic rings. The van der Waals surface area contributed by atoms with Crippen molar-refractivity contribution in [3.05, 3.63) is 0 Å². The van der Waals surface area contributed by atoms with Gasteiger partial charge in [-0.1, -0.05) is 6.92 Å². The van der Waals surface area contributed by atoms with E-state index in [2.05, 4.69) is 17.6 Å². The zero-order valence-electron chi connectivity index (χ0n) is 7.84. The molecule has 0 aliphatic carbocycles. The minimum atomic E-state index is -0.0999. The minimum Gasteiger partial charge on any atom is -0.342 e. The molecule has 72 valence electrons. The van der Waals surface area contributed by atoms with Crippen LogP contribution in [0.3, 0.4) is 0 Å². The highest BCUT2D eigenvalue weighted by molar-refractivity contribution is 5.82. The van der Waals surface area contributed by atoms with Gasteiger partial charge in [0.15, 0.2) is 0 Å². The number of nitrogens with zero attached hydrogens (tertiary/aromatic N) is 1. The molecule has 0 bridgehead atoms. The Labute approximate surface area is 78.3 Å². The van der Waals surface area contributed by atoms with E-state index in [0.717, 1.165) is 19.4 Å². The van der Waals surface area contributed by atoms with E-state index >= 15 is 0 Å². The van der Waals surface area contributed by atoms with E-state index in [1.807, 2.05) is 6.07 Å². The maximum Gasteiger partial charge on any atom is 0.237 e. The summed E-state index contributed by atoms with van der Waals surface area (Å²) in [5.41, 5.74) is 0. The molecule has 0 spiro atoms. The lowest BCUT2D eigenvalue weighted by Crippen LogP contribution is -2.48. The second-order valence-electron chi connectivity index (χ2n) is 3.51. The number of piperidine rings is 1. The largest absolute Gasteiger partial charge is 0.342 e. The first-order chi connectivity index (χ1) is 6.24. The van der Waals surface area contributed by atoms with Gasteiger partial charge < -0.3 is 10.6 Å². The first-order valence-electron chi connectivity index (χ1n) is 4.62. The van der Waals surface area contributed by atoms with Gasteiger partial charge in [-0.15, -0.1) is 0 Å². The topological polar surface area (TPSA) is 64.9 Å². The molecule has 4 heteroatoms. The number of carbonyl (C=O) groups is 1. The lowest BCUT2D eigenvalue weighted by atomic mass is 9.94. The highest BCUT2D eigenvalue weighted by Crippen LogP contribution is 2.14. The third-order valence-electron chi connectivity index (χ3n) is 2.32. The fourth-order valence-corrected chi connectivity index (χ4v) is 1.56. The molecule has 1 heterocycles. The Hall–Kier alpha value is -1.08. The van der Waals surface area contributed by atoms with E-state index in [4.69, 9.17) is 5.26 Å². The summed E-state index contributed by atoms with van der Waals surface area (Å²) in [5.74, 6) is 0.548. The average Bonchev–Trinajstić information content (AvgIpc) is 2.14. The summed E-state index contributed by atoms with van der Waals surface area (Å²) >= 11 is 0. The van der Waals surface area contributed by atoms with Crippen molar-refractivity contribution in [1.82, 2.24) is 10.6 Å². The molecule has 1 amide bonds. The number of carbonyl (C=O) groups excluding carboxylic acids is 1. The number of amides is 1. The summed E-state index contributed by atoms with van der Waals surface area (Å²) in [4.78, 5) is 11.4. The van der Waals surface area contributed by atoms with Gasteiger partial charge in [0.25, 0.3) is 0 Å². The van der Waals surface area contributed by atoms with Crippen LogP contribution in [0.15, 0.2) is 0 Å². The molecule has 2 unspecified atom stereocenters. The van der Waals surface area contributed by atoms with Crippen LogP contribution < -0.4 is 10.6 Å². The maximum absolute atomic E-state index is 11.4. The van der Waals surface area contributed by atoms with Gasteiger partial charge in [-0.2, -0.15) is 5.26 Å². The van der Waals surface area contributed by atoms with E-state index in [0.29, 0.717) is 5.92 Å². The van der Waals surface area contributed by atoms with Crippen LogP contribution in [0.5, 0.6) is 0 Å². The zero-order valence-corrected chi connectivity index (χ0v) is 7.84. The van der Waals surface area contributed by atoms with Crippen LogP contribution in [0.1, 0.15) is 19.8 Å². The molecule has 13 heavy (non-hydrogen) atoms. The summed E-state index contributed by atoms with van der Waals surface area (Å²) in [6.45, 7) is 3.14. The van der Waals surface area contributed by atoms with Crippen molar-refractivity contribution >= 4 is 5.91 Å². The van der Waals surface area contributed by atoms with Crippen LogP contribution >= 0.6 is 0 Å². The third kappa shape index (κ3) is 3.03. The van der Waals surface area contributed by atoms with Gasteiger partial charge in [-0.05, 0) is 25.3 Å². The van der Waals surface area contributed by atoms with Crippen LogP contribution in [0.25, 0.3) is 0 Å². The van der Waals surface area contributed by atoms with Crippen LogP contribution in [-0.2, 0) is 4.79 Å². The van der Waals surface area contributed by atoms with Gasteiger partial charge in [0.2, 0.25) is 5.91 Å². The fourth-order valence-electron chi connectivity index (χ4n) is 1.56. The molecule has 1 saturated heterocycles. The quantitative estimate of drug-likeness (QED) is 0.590. The van der Waals surface area contributed by atoms with Crippen molar-refractivity contribution in [3.8, 4) is 6.07 Å². The van der Waals surface area contributed by atoms with Crippen molar-refractivity contribution in [2.24, 2.45) is 5.92 Å². The first kappa shape index (κ1) is 10.0. The van der Waals surface area contributed by atoms with Gasteiger partial charge in [0.1, 0.15) is 6.54 Å². The smallest absolute Gasteiger partial charge is 0.237 e. The molecular weight excluding hydrogens is 166 g/mol. The van der Waals surface area contributed by atoms with E-state index in [1.165, 1.54) is 0 Å². The summed E-state index contributed by atoms with van der Waals surface area (Å²) < 4.78 is 0. The molecule has 1 aliphatic rings. The van der Waals surface area contributed by atoms with Gasteiger partial charge in [0.05, 0.1) is 12.1 Å². The van der Waals surface area contributed by atoms with Crippen molar-refractivity contribution in [2.75, 3.05) is 13.1 Å². The normalized spacial score (nSPS) is 27.7. The van der Waals surface area contributed by atoms with Crippen LogP contribution in [0.4, 0.5) is 0 Å². The molecule has 1 aliphatic heterocycles. The second-order valence-corrected chi connectivity index (χ2v) is 3.51. The Bertz CT molecular complexity index is 221. The van der Waals surface area contributed by atoms with E-state index in [1.54, 1.807) is 0 Å². The lowest BCUT2D eigenvalue weighted by molar-refractivity contribution is -0.123. The molecule has 2 N–H and O–H groups in total. The van der Waals surface area contributed by atoms with E-state index in [-0.39, 0.29) is 18.5 Å². The number of nitriles is 1. The van der Waals surface area contributed by atoms with Crippen LogP contribution in [-0.4, -0.2) is 25.0 Å². The SMILES string of the molecule is CC1CCNC(C(=O)NCC#N)C1. The predicted octanol–water partition coefficient (Wildman–Crippen LogP) is 0.0143. The molecule has 2 atom stereocenters. The van der Waals surface area contributed by atoms with E-state index < -0.39 is 0 Å². The van der Waals surface area contributed by atoms with Crippen molar-refractivity contribution < 1.29 is 4.79 Å². The summed E-state index contributed by atoms with van der Waals surface area (Å²) in [5, 5.41) is 14.0. The lowest BCUT2D eigenvalue weighted by Gasteiger charge is -2.26. The van der Waals surface area contributed by atoms with E-state index in [9.17, 15) is 4.79 Å². The maximum atomic E-state index is 11.4. The Morgan fingerprint density at radius 1 is 1.77 bits per heavy atom. The van der Waals surface area contributed by atoms with Crippen LogP contribution in [0.2, 0.25) is 0 Å². The summed E-state index contributed by atoms with van der Waals surface area (Å²) in [6, 6.07) is 1.79. The number of hydrogen-bond acceptors (Lipinski definition) is 3. The molecule has 0 radical (unpaired) electrons. The molecule has 0 saturated carbocycles. The summed E-state index contributed by atoms with van der Waals surface area (Å²) in [6.07, 6.45) is 2.00. The van der Waals surface area contributed by atoms with Crippen molar-refractivity contribution in [2.45, 2.75) is 25.8 Å². The first-order valence-corrected chi connectivity index (χ1v) is 4.62. The predicted molar refractivity (Wildman–Crippen MR) is 48.8 cm³/mol. The molecule has 4 nitrogen and oxygen atoms in total. The summed E-state index contributed by atoms with van der Waals surface area (Å²) in [7, 11) is 0. The standard InChI is InChI=1S/C9H15N3O/c1-7-2-4-11-8(6-7)9(13)12-5-3-10/h7-8,11H,2,4-6H2,1H3,(H,12,13). The molecule has 0 aromatic carbocycles. The minimum absolute atomic E-state index is 0.0481. The monoisotopic (exact) mass is 181 g/mol. The van der Waals surface area contributed by atoms with Gasteiger partial charge in [0, 0.05) is 0 Å². The average molecular weight is 181 g/mol. The van der Waals surface area contributed by atoms with Gasteiger partial charge in [-0.3, -0.25) is 4.79 Å². The Morgan fingerprint density at radius 3 is 3.15 bits per heavy atom. The Kier molecular flexibility index (Phi) is 3.71. The molecule has 1 fully saturated rings. The number of rotatable bonds is 2. The second kappa shape index (κ2) is 4.83. The highest BCUT2D eigenvalue weighted by Gasteiger charge is 2.23. The number of hydrogen-bond donors (Lipinski definition) is 2. The fraction of sp³-hybridized carbons (Fsp3) is 0.778. The molecule has 1 rings (SSSR count). The Morgan fingerprint density at radius 2 is 2.54 bits per heavy atom. The molecular formula is C9H15N3O. The number of nitrogens with one attached hydrogen (secondary N) is 2. The van der Waals surface area contributed by atoms with Gasteiger partial charge >= 0.3 is 0 Å². The van der Waals surface area contributed by atoms with Crippen molar-refractivity contribution in [3.63, 3.8) is 0 Å². The van der Waals surface area contributed by atoms with Crippen molar-refractivity contribution in [1.29, 1.82) is 5.26 Å². The van der Waals surface area contributed by atoms with Gasteiger partial charge in [-0.25, -0.2) is 0 Å².